The van der Waals surface area contributed by atoms with E-state index in [1.54, 1.807) is 0 Å². The van der Waals surface area contributed by atoms with E-state index in [-0.39, 0.29) is 17.3 Å². The van der Waals surface area contributed by atoms with E-state index in [1.807, 2.05) is 62.4 Å². The Morgan fingerprint density at radius 1 is 1.07 bits per heavy atom. The van der Waals surface area contributed by atoms with Gasteiger partial charge in [-0.25, -0.2) is 8.42 Å². The zero-order valence-electron chi connectivity index (χ0n) is 16.0. The molecule has 2 aromatic carbocycles. The van der Waals surface area contributed by atoms with E-state index in [4.69, 9.17) is 0 Å². The average molecular weight is 415 g/mol. The number of aryl methyl sites for hydroxylation is 2. The highest BCUT2D eigenvalue weighted by Gasteiger charge is 2.24. The van der Waals surface area contributed by atoms with Crippen LogP contribution in [0.1, 0.15) is 26.4 Å². The van der Waals surface area contributed by atoms with Gasteiger partial charge in [0.25, 0.3) is 5.91 Å². The van der Waals surface area contributed by atoms with Crippen LogP contribution in [0.25, 0.3) is 0 Å². The van der Waals surface area contributed by atoms with Crippen molar-refractivity contribution < 1.29 is 13.2 Å². The van der Waals surface area contributed by atoms with Crippen molar-refractivity contribution >= 4 is 33.0 Å². The number of rotatable bonds is 6. The fourth-order valence-electron chi connectivity index (χ4n) is 2.73. The van der Waals surface area contributed by atoms with Crippen LogP contribution >= 0.6 is 11.3 Å². The first-order valence-electron chi connectivity index (χ1n) is 8.75. The summed E-state index contributed by atoms with van der Waals surface area (Å²) in [5.74, 6) is -0.314. The van der Waals surface area contributed by atoms with Crippen LogP contribution in [0.2, 0.25) is 0 Å². The van der Waals surface area contributed by atoms with Gasteiger partial charge in [-0.15, -0.1) is 11.3 Å². The lowest BCUT2D eigenvalue weighted by Crippen LogP contribution is -2.26. The number of benzene rings is 2. The van der Waals surface area contributed by atoms with Crippen molar-refractivity contribution in [2.24, 2.45) is 0 Å². The molecule has 3 rings (SSSR count). The Balaban J connectivity index is 1.76. The summed E-state index contributed by atoms with van der Waals surface area (Å²) in [6.07, 6.45) is 0. The van der Waals surface area contributed by atoms with Crippen LogP contribution in [0, 0.1) is 13.8 Å². The number of hydrogen-bond acceptors (Lipinski definition) is 4. The number of amides is 1. The molecule has 0 saturated heterocycles. The Hall–Kier alpha value is -2.48. The molecule has 1 heterocycles. The molecule has 146 valence electrons. The molecule has 28 heavy (non-hydrogen) atoms. The van der Waals surface area contributed by atoms with Crippen molar-refractivity contribution in [1.82, 2.24) is 4.31 Å². The molecule has 0 saturated carbocycles. The van der Waals surface area contributed by atoms with Crippen molar-refractivity contribution in [3.05, 3.63) is 81.5 Å². The molecule has 0 spiro atoms. The van der Waals surface area contributed by atoms with E-state index in [0.717, 1.165) is 33.7 Å². The molecule has 0 atom stereocenters. The minimum Gasteiger partial charge on any atom is -0.321 e. The van der Waals surface area contributed by atoms with Gasteiger partial charge in [0.15, 0.2) is 0 Å². The highest BCUT2D eigenvalue weighted by atomic mass is 32.2. The summed E-state index contributed by atoms with van der Waals surface area (Å²) >= 11 is 1.12. The van der Waals surface area contributed by atoms with Crippen molar-refractivity contribution in [2.75, 3.05) is 12.4 Å². The van der Waals surface area contributed by atoms with Gasteiger partial charge < -0.3 is 5.32 Å². The molecule has 0 aliphatic rings. The fraction of sp³-hybridized carbons (Fsp3) is 0.190. The zero-order valence-corrected chi connectivity index (χ0v) is 17.6. The molecule has 1 aromatic heterocycles. The molecule has 0 fully saturated rings. The number of nitrogens with zero attached hydrogens (tertiary/aromatic N) is 1. The SMILES string of the molecule is Cc1ccc(C)c(NC(=O)c2cc(S(=O)(=O)N(C)Cc3ccccc3)cs2)c1. The molecule has 5 nitrogen and oxygen atoms in total. The van der Waals surface area contributed by atoms with Crippen molar-refractivity contribution in [3.8, 4) is 0 Å². The maximum Gasteiger partial charge on any atom is 0.265 e. The first-order chi connectivity index (χ1) is 13.3. The van der Waals surface area contributed by atoms with Crippen molar-refractivity contribution in [2.45, 2.75) is 25.3 Å². The van der Waals surface area contributed by atoms with Crippen LogP contribution in [0.15, 0.2) is 64.9 Å². The van der Waals surface area contributed by atoms with Crippen molar-refractivity contribution in [3.63, 3.8) is 0 Å². The Morgan fingerprint density at radius 3 is 2.50 bits per heavy atom. The van der Waals surface area contributed by atoms with Crippen LogP contribution in [-0.2, 0) is 16.6 Å². The minimum absolute atomic E-state index is 0.127. The van der Waals surface area contributed by atoms with Crippen LogP contribution in [-0.4, -0.2) is 25.7 Å². The summed E-state index contributed by atoms with van der Waals surface area (Å²) in [6, 6.07) is 16.6. The van der Waals surface area contributed by atoms with Crippen LogP contribution in [0.3, 0.4) is 0 Å². The molecule has 7 heteroatoms. The van der Waals surface area contributed by atoms with E-state index in [1.165, 1.54) is 22.8 Å². The molecule has 0 radical (unpaired) electrons. The molecule has 1 N–H and O–H groups in total. The van der Waals surface area contributed by atoms with Gasteiger partial charge in [0.05, 0.1) is 9.77 Å². The number of hydrogen-bond donors (Lipinski definition) is 1. The van der Waals surface area contributed by atoms with Gasteiger partial charge in [-0.05, 0) is 42.7 Å². The predicted octanol–water partition coefficient (Wildman–Crippen LogP) is 4.44. The molecule has 1 amide bonds. The Morgan fingerprint density at radius 2 is 1.79 bits per heavy atom. The number of nitrogens with one attached hydrogen (secondary N) is 1. The molecule has 0 aliphatic carbocycles. The first kappa shape index (κ1) is 20.3. The lowest BCUT2D eigenvalue weighted by atomic mass is 10.1. The van der Waals surface area contributed by atoms with E-state index in [2.05, 4.69) is 5.32 Å². The van der Waals surface area contributed by atoms with E-state index < -0.39 is 10.0 Å². The molecule has 0 aliphatic heterocycles. The first-order valence-corrected chi connectivity index (χ1v) is 11.1. The van der Waals surface area contributed by atoms with Crippen molar-refractivity contribution in [1.29, 1.82) is 0 Å². The quantitative estimate of drug-likeness (QED) is 0.648. The Labute approximate surface area is 169 Å². The van der Waals surface area contributed by atoms with Crippen LogP contribution in [0.4, 0.5) is 5.69 Å². The third kappa shape index (κ3) is 4.49. The zero-order chi connectivity index (χ0) is 20.3. The molecule has 3 aromatic rings. The third-order valence-corrected chi connectivity index (χ3v) is 7.26. The van der Waals surface area contributed by atoms with Crippen LogP contribution < -0.4 is 5.32 Å². The lowest BCUT2D eigenvalue weighted by molar-refractivity contribution is 0.103. The summed E-state index contributed by atoms with van der Waals surface area (Å²) in [4.78, 5) is 13.1. The standard InChI is InChI=1S/C21H22N2O3S2/c1-15-9-10-16(2)19(11-15)22-21(24)20-12-18(14-27-20)28(25,26)23(3)13-17-7-5-4-6-8-17/h4-12,14H,13H2,1-3H3,(H,22,24). The van der Waals surface area contributed by atoms with Gasteiger partial charge in [0.1, 0.15) is 0 Å². The number of carbonyl (C=O) groups excluding carboxylic acids is 1. The molecular formula is C21H22N2O3S2. The molecular weight excluding hydrogens is 392 g/mol. The van der Waals surface area contributed by atoms with Gasteiger partial charge in [-0.2, -0.15) is 4.31 Å². The number of anilines is 1. The molecule has 0 bridgehead atoms. The predicted molar refractivity (Wildman–Crippen MR) is 113 cm³/mol. The monoisotopic (exact) mass is 414 g/mol. The molecule has 0 unspecified atom stereocenters. The highest BCUT2D eigenvalue weighted by Crippen LogP contribution is 2.25. The van der Waals surface area contributed by atoms with Gasteiger partial charge in [0, 0.05) is 24.7 Å². The Bertz CT molecular complexity index is 1090. The largest absolute Gasteiger partial charge is 0.321 e. The maximum absolute atomic E-state index is 12.8. The second-order valence-electron chi connectivity index (χ2n) is 6.67. The van der Waals surface area contributed by atoms with Crippen LogP contribution in [0.5, 0.6) is 0 Å². The highest BCUT2D eigenvalue weighted by molar-refractivity contribution is 7.89. The lowest BCUT2D eigenvalue weighted by Gasteiger charge is -2.16. The number of carbonyl (C=O) groups is 1. The second-order valence-corrected chi connectivity index (χ2v) is 9.62. The van der Waals surface area contributed by atoms with E-state index in [0.29, 0.717) is 4.88 Å². The van der Waals surface area contributed by atoms with Gasteiger partial charge in [-0.1, -0.05) is 42.5 Å². The van der Waals surface area contributed by atoms with E-state index in [9.17, 15) is 13.2 Å². The number of thiophene rings is 1. The van der Waals surface area contributed by atoms with Gasteiger partial charge in [0.2, 0.25) is 10.0 Å². The fourth-order valence-corrected chi connectivity index (χ4v) is 5.05. The summed E-state index contributed by atoms with van der Waals surface area (Å²) in [5, 5.41) is 4.37. The average Bonchev–Trinajstić information content (AvgIpc) is 3.16. The smallest absolute Gasteiger partial charge is 0.265 e. The minimum atomic E-state index is -3.67. The summed E-state index contributed by atoms with van der Waals surface area (Å²) in [5.41, 5.74) is 3.62. The summed E-state index contributed by atoms with van der Waals surface area (Å²) < 4.78 is 26.9. The summed E-state index contributed by atoms with van der Waals surface area (Å²) in [6.45, 7) is 4.13. The van der Waals surface area contributed by atoms with Gasteiger partial charge in [-0.3, -0.25) is 4.79 Å². The Kier molecular flexibility index (Phi) is 5.98. The van der Waals surface area contributed by atoms with E-state index >= 15 is 0 Å². The topological polar surface area (TPSA) is 66.5 Å². The number of sulfonamides is 1. The second kappa shape index (κ2) is 8.26. The maximum atomic E-state index is 12.8. The van der Waals surface area contributed by atoms with Gasteiger partial charge >= 0.3 is 0 Å². The third-order valence-electron chi connectivity index (χ3n) is 4.40. The normalized spacial score (nSPS) is 11.6. The summed E-state index contributed by atoms with van der Waals surface area (Å²) in [7, 11) is -2.14.